The van der Waals surface area contributed by atoms with E-state index < -0.39 is 0 Å². The van der Waals surface area contributed by atoms with Crippen molar-refractivity contribution in [2.75, 3.05) is 6.54 Å². The number of hydrogen-bond donors (Lipinski definition) is 1. The Morgan fingerprint density at radius 3 is 2.76 bits per heavy atom. The normalized spacial score (nSPS) is 24.3. The molecule has 1 aromatic rings. The smallest absolute Gasteiger partial charge is 0.323 e. The third kappa shape index (κ3) is 3.56. The van der Waals surface area contributed by atoms with Crippen LogP contribution in [0.5, 0.6) is 0 Å². The lowest BCUT2D eigenvalue weighted by Crippen LogP contribution is -2.44. The van der Waals surface area contributed by atoms with E-state index in [1.165, 1.54) is 0 Å². The van der Waals surface area contributed by atoms with Crippen molar-refractivity contribution in [3.05, 3.63) is 35.9 Å². The van der Waals surface area contributed by atoms with Crippen LogP contribution in [0.2, 0.25) is 0 Å². The first-order valence-corrected chi connectivity index (χ1v) is 6.19. The molecule has 1 aliphatic rings. The number of hydrogen-bond acceptors (Lipinski definition) is 3. The molecule has 1 saturated heterocycles. The van der Waals surface area contributed by atoms with Gasteiger partial charge in [0, 0.05) is 0 Å². The van der Waals surface area contributed by atoms with Gasteiger partial charge in [-0.05, 0) is 30.9 Å². The van der Waals surface area contributed by atoms with E-state index in [1.54, 1.807) is 0 Å². The molecule has 1 heterocycles. The Morgan fingerprint density at radius 1 is 1.35 bits per heavy atom. The fraction of sp³-hybridized carbons (Fsp3) is 0.500. The van der Waals surface area contributed by atoms with E-state index >= 15 is 0 Å². The van der Waals surface area contributed by atoms with Gasteiger partial charge in [-0.15, -0.1) is 0 Å². The van der Waals surface area contributed by atoms with Crippen LogP contribution in [0.1, 0.15) is 25.3 Å². The van der Waals surface area contributed by atoms with Crippen LogP contribution >= 0.6 is 0 Å². The lowest BCUT2D eigenvalue weighted by molar-refractivity contribution is -0.148. The van der Waals surface area contributed by atoms with Crippen molar-refractivity contribution in [2.24, 2.45) is 5.92 Å². The maximum Gasteiger partial charge on any atom is 0.323 e. The quantitative estimate of drug-likeness (QED) is 0.813. The summed E-state index contributed by atoms with van der Waals surface area (Å²) in [6.07, 6.45) is 1.98. The fourth-order valence-electron chi connectivity index (χ4n) is 2.03. The molecule has 17 heavy (non-hydrogen) atoms. The number of rotatable bonds is 3. The van der Waals surface area contributed by atoms with Crippen molar-refractivity contribution in [1.29, 1.82) is 0 Å². The van der Waals surface area contributed by atoms with Crippen molar-refractivity contribution in [3.8, 4) is 0 Å². The molecular weight excluding hydrogens is 214 g/mol. The first kappa shape index (κ1) is 12.1. The molecular formula is C14H19NO2. The molecule has 0 spiro atoms. The van der Waals surface area contributed by atoms with Gasteiger partial charge in [0.05, 0.1) is 0 Å². The lowest BCUT2D eigenvalue weighted by Gasteiger charge is -2.26. The molecule has 0 aromatic heterocycles. The van der Waals surface area contributed by atoms with E-state index in [4.69, 9.17) is 4.74 Å². The topological polar surface area (TPSA) is 38.3 Å². The Labute approximate surface area is 102 Å². The highest BCUT2D eigenvalue weighted by atomic mass is 16.5. The van der Waals surface area contributed by atoms with E-state index in [0.29, 0.717) is 12.5 Å². The Bertz CT molecular complexity index is 356. The van der Waals surface area contributed by atoms with Crippen molar-refractivity contribution in [1.82, 2.24) is 5.32 Å². The van der Waals surface area contributed by atoms with Crippen LogP contribution in [0.4, 0.5) is 0 Å². The van der Waals surface area contributed by atoms with Crippen LogP contribution < -0.4 is 5.32 Å². The summed E-state index contributed by atoms with van der Waals surface area (Å²) in [6, 6.07) is 9.66. The van der Waals surface area contributed by atoms with Crippen LogP contribution in [0.25, 0.3) is 0 Å². The second-order valence-corrected chi connectivity index (χ2v) is 4.74. The molecule has 2 atom stereocenters. The number of carbonyl (C=O) groups excluding carboxylic acids is 1. The third-order valence-corrected chi connectivity index (χ3v) is 3.17. The molecule has 1 aliphatic heterocycles. The molecule has 0 amide bonds. The zero-order valence-corrected chi connectivity index (χ0v) is 10.2. The maximum atomic E-state index is 11.8. The van der Waals surface area contributed by atoms with Gasteiger partial charge < -0.3 is 10.1 Å². The summed E-state index contributed by atoms with van der Waals surface area (Å²) >= 11 is 0. The van der Waals surface area contributed by atoms with Crippen LogP contribution in [0.15, 0.2) is 30.3 Å². The summed E-state index contributed by atoms with van der Waals surface area (Å²) in [6.45, 7) is 3.47. The molecule has 1 aromatic carbocycles. The molecule has 92 valence electrons. The average Bonchev–Trinajstić information content (AvgIpc) is 2.38. The van der Waals surface area contributed by atoms with Crippen LogP contribution in [0.3, 0.4) is 0 Å². The van der Waals surface area contributed by atoms with E-state index in [9.17, 15) is 4.79 Å². The molecule has 0 bridgehead atoms. The van der Waals surface area contributed by atoms with Gasteiger partial charge in [0.15, 0.2) is 0 Å². The number of esters is 1. The fourth-order valence-corrected chi connectivity index (χ4v) is 2.03. The number of benzene rings is 1. The highest BCUT2D eigenvalue weighted by Gasteiger charge is 2.24. The van der Waals surface area contributed by atoms with Gasteiger partial charge in [-0.25, -0.2) is 0 Å². The molecule has 3 heteroatoms. The Hall–Kier alpha value is -1.35. The summed E-state index contributed by atoms with van der Waals surface area (Å²) in [5.41, 5.74) is 1.03. The average molecular weight is 233 g/mol. The first-order chi connectivity index (χ1) is 8.25. The predicted molar refractivity (Wildman–Crippen MR) is 66.4 cm³/mol. The van der Waals surface area contributed by atoms with Gasteiger partial charge in [-0.3, -0.25) is 4.79 Å². The molecule has 0 radical (unpaired) electrons. The maximum absolute atomic E-state index is 11.8. The minimum atomic E-state index is -0.124. The second-order valence-electron chi connectivity index (χ2n) is 4.74. The highest BCUT2D eigenvalue weighted by Crippen LogP contribution is 2.14. The Balaban J connectivity index is 1.78. The van der Waals surface area contributed by atoms with Crippen molar-refractivity contribution < 1.29 is 9.53 Å². The van der Waals surface area contributed by atoms with Crippen LogP contribution in [-0.4, -0.2) is 18.6 Å². The van der Waals surface area contributed by atoms with E-state index in [1.807, 2.05) is 30.3 Å². The van der Waals surface area contributed by atoms with Gasteiger partial charge in [0.1, 0.15) is 12.6 Å². The van der Waals surface area contributed by atoms with Gasteiger partial charge >= 0.3 is 5.97 Å². The van der Waals surface area contributed by atoms with Gasteiger partial charge in [0.2, 0.25) is 0 Å². The van der Waals surface area contributed by atoms with Gasteiger partial charge in [0.25, 0.3) is 0 Å². The zero-order chi connectivity index (χ0) is 12.1. The monoisotopic (exact) mass is 233 g/mol. The van der Waals surface area contributed by atoms with Crippen molar-refractivity contribution in [3.63, 3.8) is 0 Å². The first-order valence-electron chi connectivity index (χ1n) is 6.19. The summed E-state index contributed by atoms with van der Waals surface area (Å²) in [5, 5.41) is 3.23. The number of ether oxygens (including phenoxy) is 1. The SMILES string of the molecule is CC1CC[C@@H](C(=O)OCc2ccccc2)NC1. The van der Waals surface area contributed by atoms with Gasteiger partial charge in [-0.1, -0.05) is 37.3 Å². The molecule has 1 fully saturated rings. The van der Waals surface area contributed by atoms with Crippen LogP contribution in [0, 0.1) is 5.92 Å². The third-order valence-electron chi connectivity index (χ3n) is 3.17. The van der Waals surface area contributed by atoms with E-state index in [-0.39, 0.29) is 12.0 Å². The Kier molecular flexibility index (Phi) is 4.15. The van der Waals surface area contributed by atoms with Crippen molar-refractivity contribution >= 4 is 5.97 Å². The molecule has 3 nitrogen and oxygen atoms in total. The molecule has 0 aliphatic carbocycles. The second kappa shape index (κ2) is 5.82. The van der Waals surface area contributed by atoms with E-state index in [0.717, 1.165) is 24.9 Å². The minimum absolute atomic E-state index is 0.116. The summed E-state index contributed by atoms with van der Waals surface area (Å²) in [4.78, 5) is 11.8. The predicted octanol–water partition coefficient (Wildman–Crippen LogP) is 2.12. The number of nitrogens with one attached hydrogen (secondary N) is 1. The standard InChI is InChI=1S/C14H19NO2/c1-11-7-8-13(15-9-11)14(16)17-10-12-5-3-2-4-6-12/h2-6,11,13,15H,7-10H2,1H3/t11?,13-/m0/s1. The van der Waals surface area contributed by atoms with E-state index in [2.05, 4.69) is 12.2 Å². The molecule has 0 saturated carbocycles. The van der Waals surface area contributed by atoms with Gasteiger partial charge in [-0.2, -0.15) is 0 Å². The summed E-state index contributed by atoms with van der Waals surface area (Å²) in [7, 11) is 0. The summed E-state index contributed by atoms with van der Waals surface area (Å²) in [5.74, 6) is 0.536. The zero-order valence-electron chi connectivity index (χ0n) is 10.2. The largest absolute Gasteiger partial charge is 0.460 e. The molecule has 2 rings (SSSR count). The summed E-state index contributed by atoms with van der Waals surface area (Å²) < 4.78 is 5.30. The number of piperidine rings is 1. The molecule has 1 N–H and O–H groups in total. The van der Waals surface area contributed by atoms with Crippen LogP contribution in [-0.2, 0) is 16.1 Å². The minimum Gasteiger partial charge on any atom is -0.460 e. The Morgan fingerprint density at radius 2 is 2.12 bits per heavy atom. The highest BCUT2D eigenvalue weighted by molar-refractivity contribution is 5.75. The molecule has 1 unspecified atom stereocenters. The van der Waals surface area contributed by atoms with Crippen molar-refractivity contribution in [2.45, 2.75) is 32.4 Å². The lowest BCUT2D eigenvalue weighted by atomic mass is 9.96. The number of carbonyl (C=O) groups is 1.